The van der Waals surface area contributed by atoms with Crippen LogP contribution in [0.1, 0.15) is 0 Å². The summed E-state index contributed by atoms with van der Waals surface area (Å²) in [6.07, 6.45) is 5.92. The Balaban J connectivity index is 0.000000179. The lowest BCUT2D eigenvalue weighted by atomic mass is 10.0. The molecule has 2 fully saturated rings. The summed E-state index contributed by atoms with van der Waals surface area (Å²) in [5.41, 5.74) is 16.7. The average Bonchev–Trinajstić information content (AvgIpc) is 3.43. The van der Waals surface area contributed by atoms with Crippen molar-refractivity contribution in [1.82, 2.24) is 19.9 Å². The van der Waals surface area contributed by atoms with Gasteiger partial charge in [0, 0.05) is 95.4 Å². The number of carbonyl (C=O) groups excluding carboxylic acids is 2. The Morgan fingerprint density at radius 1 is 0.630 bits per heavy atom. The van der Waals surface area contributed by atoms with Gasteiger partial charge in [0.25, 0.3) is 0 Å². The fourth-order valence-corrected chi connectivity index (χ4v) is 8.21. The number of fused-ring (bicyclic) bond motifs is 2. The Kier molecular flexibility index (Phi) is 17.1. The predicted molar refractivity (Wildman–Crippen MR) is 293 cm³/mol. The van der Waals surface area contributed by atoms with E-state index in [0.717, 1.165) is 137 Å². The van der Waals surface area contributed by atoms with Crippen molar-refractivity contribution in [2.45, 2.75) is 0 Å². The van der Waals surface area contributed by atoms with Gasteiger partial charge in [-0.25, -0.2) is 19.9 Å². The fourth-order valence-electron chi connectivity index (χ4n) is 8.21. The highest BCUT2D eigenvalue weighted by Crippen LogP contribution is 2.36. The number of methoxy groups -OCH3 is 2. The third kappa shape index (κ3) is 13.1. The molecule has 5 N–H and O–H groups in total. The Bertz CT molecular complexity index is 3250. The molecule has 4 heterocycles. The van der Waals surface area contributed by atoms with Gasteiger partial charge in [0.1, 0.15) is 11.5 Å². The number of halogens is 1. The second-order valence-electron chi connectivity index (χ2n) is 16.5. The molecule has 2 aliphatic heterocycles. The molecule has 6 aromatic carbocycles. The third-order valence-electron chi connectivity index (χ3n) is 11.8. The minimum atomic E-state index is -0.509. The van der Waals surface area contributed by atoms with Crippen molar-refractivity contribution in [3.63, 3.8) is 0 Å². The van der Waals surface area contributed by atoms with Crippen molar-refractivity contribution >= 4 is 90.6 Å². The van der Waals surface area contributed by atoms with Crippen LogP contribution in [0.4, 0.5) is 46.0 Å². The van der Waals surface area contributed by atoms with E-state index in [9.17, 15) is 9.59 Å². The highest BCUT2D eigenvalue weighted by atomic mass is 35.5. The van der Waals surface area contributed by atoms with Crippen LogP contribution in [0, 0.1) is 0 Å². The predicted octanol–water partition coefficient (Wildman–Crippen LogP) is 10.4. The molecule has 0 saturated carbocycles. The molecule has 73 heavy (non-hydrogen) atoms. The Hall–Kier alpha value is -8.57. The number of allylic oxidation sites excluding steroid dienone is 1. The van der Waals surface area contributed by atoms with E-state index in [-0.39, 0.29) is 5.91 Å². The number of amides is 1. The summed E-state index contributed by atoms with van der Waals surface area (Å²) >= 11 is 4.71. The molecule has 2 aromatic heterocycles. The van der Waals surface area contributed by atoms with Gasteiger partial charge in [-0.15, -0.1) is 0 Å². The number of carbonyl (C=O) groups is 2. The molecular weight excluding hydrogens is 944 g/mol. The van der Waals surface area contributed by atoms with Crippen molar-refractivity contribution in [1.29, 1.82) is 0 Å². The number of benzene rings is 6. The SMILES string of the molecule is C=CC(=O)Cl.C=CC(=O)Nc1cccc(-c2cccc3cnc(Nc4ccc(N5CCOCC5)cc4OC)nc23)c1.COc1cc(N2CCOCC2)ccc1Nc1ncc2cccc(-c3cccc(N)c3)c2n1. The van der Waals surface area contributed by atoms with Gasteiger partial charge in [-0.1, -0.05) is 73.8 Å². The van der Waals surface area contributed by atoms with Gasteiger partial charge in [0.15, 0.2) is 0 Å². The molecule has 0 radical (unpaired) electrons. The molecule has 17 heteroatoms. The van der Waals surface area contributed by atoms with Gasteiger partial charge in [-0.3, -0.25) is 9.59 Å². The van der Waals surface area contributed by atoms with Crippen LogP contribution < -0.4 is 41.0 Å². The average molecular weight is 1000 g/mol. The van der Waals surface area contributed by atoms with Crippen molar-refractivity contribution in [3.8, 4) is 33.8 Å². The first-order valence-corrected chi connectivity index (χ1v) is 23.8. The highest BCUT2D eigenvalue weighted by molar-refractivity contribution is 6.66. The normalized spacial score (nSPS) is 13.1. The maximum absolute atomic E-state index is 11.7. The number of nitrogens with one attached hydrogen (secondary N) is 3. The lowest BCUT2D eigenvalue weighted by molar-refractivity contribution is -0.112. The number of morpholine rings is 2. The number of ether oxygens (including phenoxy) is 4. The standard InChI is InChI=1S/C28H27N5O3.C25H25N5O2.C3H3ClO/c1-3-26(34)30-21-8-4-6-19(16-21)23-9-5-7-20-18-29-28(32-27(20)23)31-24-11-10-22(17-25(24)35-2)33-12-14-36-15-13-33;1-31-23-15-20(30-10-12-32-13-11-30)8-9-22(23)28-25-27-16-18-5-3-7-21(24(18)29-25)17-4-2-6-19(26)14-17;1-2-3(4)5/h3-11,16-18H,1,12-15H2,2H3,(H,30,34)(H,29,31,32);2-9,14-16H,10-13,26H2,1H3,(H,27,28,29);2H,1H2. The Morgan fingerprint density at radius 3 is 1.55 bits per heavy atom. The van der Waals surface area contributed by atoms with Crippen LogP contribution in [0.5, 0.6) is 11.5 Å². The maximum Gasteiger partial charge on any atom is 0.247 e. The minimum Gasteiger partial charge on any atom is -0.494 e. The lowest BCUT2D eigenvalue weighted by Gasteiger charge is -2.29. The smallest absolute Gasteiger partial charge is 0.247 e. The number of aromatic nitrogens is 4. The quantitative estimate of drug-likeness (QED) is 0.0484. The third-order valence-corrected chi connectivity index (χ3v) is 12.0. The van der Waals surface area contributed by atoms with Crippen molar-refractivity contribution in [2.24, 2.45) is 0 Å². The molecule has 0 unspecified atom stereocenters. The summed E-state index contributed by atoms with van der Waals surface area (Å²) in [6, 6.07) is 39.6. The van der Waals surface area contributed by atoms with E-state index in [1.807, 2.05) is 115 Å². The van der Waals surface area contributed by atoms with E-state index in [1.165, 1.54) is 6.08 Å². The number of hydrogen-bond acceptors (Lipinski definition) is 15. The van der Waals surface area contributed by atoms with Crippen LogP contribution in [0.3, 0.4) is 0 Å². The van der Waals surface area contributed by atoms with Crippen molar-refractivity contribution in [2.75, 3.05) is 98.3 Å². The zero-order valence-electron chi connectivity index (χ0n) is 40.5. The maximum atomic E-state index is 11.7. The van der Waals surface area contributed by atoms with Crippen LogP contribution in [-0.4, -0.2) is 97.9 Å². The summed E-state index contributed by atoms with van der Waals surface area (Å²) in [6.45, 7) is 13.0. The summed E-state index contributed by atoms with van der Waals surface area (Å²) in [5.74, 6) is 2.16. The summed E-state index contributed by atoms with van der Waals surface area (Å²) in [5, 5.41) is 10.8. The topological polar surface area (TPSA) is 191 Å². The Labute approximate surface area is 428 Å². The monoisotopic (exact) mass is 998 g/mol. The summed E-state index contributed by atoms with van der Waals surface area (Å²) < 4.78 is 22.2. The number of anilines is 8. The van der Waals surface area contributed by atoms with Crippen LogP contribution in [0.25, 0.3) is 44.1 Å². The van der Waals surface area contributed by atoms with Gasteiger partial charge in [0.2, 0.25) is 23.0 Å². The van der Waals surface area contributed by atoms with E-state index in [2.05, 4.69) is 61.0 Å². The number of nitrogen functional groups attached to an aromatic ring is 1. The van der Waals surface area contributed by atoms with Crippen LogP contribution in [0.2, 0.25) is 0 Å². The number of rotatable bonds is 13. The second-order valence-corrected chi connectivity index (χ2v) is 16.9. The van der Waals surface area contributed by atoms with Gasteiger partial charge in [-0.2, -0.15) is 0 Å². The van der Waals surface area contributed by atoms with Gasteiger partial charge < -0.3 is 50.4 Å². The number of nitrogens with two attached hydrogens (primary N) is 1. The Morgan fingerprint density at radius 2 is 1.10 bits per heavy atom. The van der Waals surface area contributed by atoms with Crippen LogP contribution >= 0.6 is 11.6 Å². The molecule has 16 nitrogen and oxygen atoms in total. The highest BCUT2D eigenvalue weighted by Gasteiger charge is 2.17. The molecule has 1 amide bonds. The molecule has 372 valence electrons. The van der Waals surface area contributed by atoms with Gasteiger partial charge >= 0.3 is 0 Å². The van der Waals surface area contributed by atoms with Crippen molar-refractivity contribution < 1.29 is 28.5 Å². The molecule has 0 atom stereocenters. The van der Waals surface area contributed by atoms with Crippen LogP contribution in [0.15, 0.2) is 159 Å². The summed E-state index contributed by atoms with van der Waals surface area (Å²) in [7, 11) is 3.32. The molecule has 0 bridgehead atoms. The molecule has 10 rings (SSSR count). The van der Waals surface area contributed by atoms with Gasteiger partial charge in [-0.05, 0) is 83.4 Å². The largest absolute Gasteiger partial charge is 0.494 e. The molecule has 2 aliphatic rings. The van der Waals surface area contributed by atoms with Crippen molar-refractivity contribution in [3.05, 3.63) is 159 Å². The van der Waals surface area contributed by atoms with Gasteiger partial charge in [0.05, 0.1) is 63.1 Å². The molecule has 0 aliphatic carbocycles. The minimum absolute atomic E-state index is 0.257. The van der Waals surface area contributed by atoms with E-state index in [1.54, 1.807) is 20.4 Å². The lowest BCUT2D eigenvalue weighted by Crippen LogP contribution is -2.36. The number of nitrogens with zero attached hydrogens (tertiary/aromatic N) is 6. The first-order chi connectivity index (χ1) is 35.6. The second kappa shape index (κ2) is 24.5. The molecule has 0 spiro atoms. The van der Waals surface area contributed by atoms with Crippen LogP contribution in [-0.2, 0) is 19.1 Å². The van der Waals surface area contributed by atoms with E-state index in [0.29, 0.717) is 23.3 Å². The van der Waals surface area contributed by atoms with E-state index in [4.69, 9.17) is 46.3 Å². The number of hydrogen-bond donors (Lipinski definition) is 4. The molecular formula is C56H55ClN10O6. The fraction of sp³-hybridized carbons (Fsp3) is 0.179. The molecule has 2 saturated heterocycles. The van der Waals surface area contributed by atoms with E-state index < -0.39 is 5.24 Å². The summed E-state index contributed by atoms with van der Waals surface area (Å²) in [4.78, 5) is 44.5. The van der Waals surface area contributed by atoms with E-state index >= 15 is 0 Å². The zero-order chi connectivity index (χ0) is 51.1. The zero-order valence-corrected chi connectivity index (χ0v) is 41.3. The first-order valence-electron chi connectivity index (χ1n) is 23.4. The molecule has 8 aromatic rings. The number of para-hydroxylation sites is 2. The first kappa shape index (κ1) is 50.8.